The number of halogens is 6. The molecule has 0 bridgehead atoms. The van der Waals surface area contributed by atoms with E-state index in [2.05, 4.69) is 15.0 Å². The van der Waals surface area contributed by atoms with Gasteiger partial charge < -0.3 is 11.1 Å². The van der Waals surface area contributed by atoms with Gasteiger partial charge in [-0.3, -0.25) is 4.57 Å². The van der Waals surface area contributed by atoms with Gasteiger partial charge in [-0.25, -0.2) is 15.0 Å². The number of fused-ring (bicyclic) bond motifs is 1. The zero-order valence-electron chi connectivity index (χ0n) is 16.8. The predicted molar refractivity (Wildman–Crippen MR) is 109 cm³/mol. The SMILES string of the molecule is Cc1nc2c(N)nc(-c3cc(C(F)(F)F)ccc3C=N)nc2n1-c1ccc(C(F)(F)F)cc1. The van der Waals surface area contributed by atoms with Crippen LogP contribution in [0.4, 0.5) is 32.2 Å². The number of nitrogen functional groups attached to an aromatic ring is 1. The quantitative estimate of drug-likeness (QED) is 0.313. The van der Waals surface area contributed by atoms with Crippen LogP contribution in [-0.4, -0.2) is 25.7 Å². The minimum atomic E-state index is -4.64. The lowest BCUT2D eigenvalue weighted by Gasteiger charge is -2.12. The van der Waals surface area contributed by atoms with Gasteiger partial charge >= 0.3 is 12.4 Å². The summed E-state index contributed by atoms with van der Waals surface area (Å²) in [5, 5.41) is 7.53. The van der Waals surface area contributed by atoms with Crippen LogP contribution in [0.1, 0.15) is 22.5 Å². The van der Waals surface area contributed by atoms with Gasteiger partial charge in [-0.05, 0) is 43.3 Å². The maximum atomic E-state index is 13.2. The number of nitrogens with one attached hydrogen (secondary N) is 1. The molecule has 0 aliphatic heterocycles. The molecule has 0 amide bonds. The van der Waals surface area contributed by atoms with Gasteiger partial charge in [-0.15, -0.1) is 0 Å². The summed E-state index contributed by atoms with van der Waals surface area (Å²) in [7, 11) is 0. The highest BCUT2D eigenvalue weighted by Gasteiger charge is 2.32. The van der Waals surface area contributed by atoms with Crippen LogP contribution in [0.5, 0.6) is 0 Å². The van der Waals surface area contributed by atoms with Gasteiger partial charge in [-0.2, -0.15) is 26.3 Å². The van der Waals surface area contributed by atoms with Crippen molar-refractivity contribution in [1.29, 1.82) is 5.41 Å². The summed E-state index contributed by atoms with van der Waals surface area (Å²) in [6.07, 6.45) is -8.29. The lowest BCUT2D eigenvalue weighted by atomic mass is 10.0. The van der Waals surface area contributed by atoms with Crippen LogP contribution in [0.15, 0.2) is 42.5 Å². The minimum Gasteiger partial charge on any atom is -0.382 e. The number of benzene rings is 2. The van der Waals surface area contributed by atoms with Crippen molar-refractivity contribution >= 4 is 23.2 Å². The minimum absolute atomic E-state index is 0.0775. The number of alkyl halides is 6. The number of hydrogen-bond donors (Lipinski definition) is 2. The second-order valence-electron chi connectivity index (χ2n) is 7.09. The first-order chi connectivity index (χ1) is 15.4. The van der Waals surface area contributed by atoms with Crippen LogP contribution in [0.3, 0.4) is 0 Å². The van der Waals surface area contributed by atoms with Gasteiger partial charge in [-0.1, -0.05) is 6.07 Å². The lowest BCUT2D eigenvalue weighted by molar-refractivity contribution is -0.138. The number of anilines is 1. The molecule has 0 saturated carbocycles. The molecule has 0 radical (unpaired) electrons. The monoisotopic (exact) mass is 464 g/mol. The van der Waals surface area contributed by atoms with E-state index in [1.165, 1.54) is 16.7 Å². The normalized spacial score (nSPS) is 12.3. The molecule has 2 aromatic heterocycles. The topological polar surface area (TPSA) is 93.5 Å². The first-order valence-electron chi connectivity index (χ1n) is 9.32. The molecule has 0 spiro atoms. The predicted octanol–water partition coefficient (Wildman–Crippen LogP) is 5.41. The van der Waals surface area contributed by atoms with Crippen LogP contribution in [0.25, 0.3) is 28.2 Å². The molecule has 0 aliphatic carbocycles. The second kappa shape index (κ2) is 7.57. The first-order valence-corrected chi connectivity index (χ1v) is 9.32. The number of rotatable bonds is 3. The molecular formula is C21H14F6N6. The highest BCUT2D eigenvalue weighted by atomic mass is 19.4. The molecule has 33 heavy (non-hydrogen) atoms. The Morgan fingerprint density at radius 1 is 0.879 bits per heavy atom. The van der Waals surface area contributed by atoms with Gasteiger partial charge in [0.05, 0.1) is 11.1 Å². The number of hydrogen-bond acceptors (Lipinski definition) is 5. The fraction of sp³-hybridized carbons (Fsp3) is 0.143. The molecule has 170 valence electrons. The van der Waals surface area contributed by atoms with Gasteiger partial charge in [0.1, 0.15) is 5.82 Å². The van der Waals surface area contributed by atoms with Gasteiger partial charge in [0.2, 0.25) is 0 Å². The third kappa shape index (κ3) is 3.99. The van der Waals surface area contributed by atoms with Crippen LogP contribution >= 0.6 is 0 Å². The smallest absolute Gasteiger partial charge is 0.382 e. The summed E-state index contributed by atoms with van der Waals surface area (Å²) in [6, 6.07) is 7.00. The van der Waals surface area contributed by atoms with Crippen molar-refractivity contribution in [2.75, 3.05) is 5.73 Å². The standard InChI is InChI=1S/C21H14F6N6/c1-10-30-16-17(29)31-18(15-8-13(21(25,26)27)3-2-11(15)9-28)32-19(16)33(10)14-6-4-12(5-7-14)20(22,23)24/h2-9,28H,1H3,(H2,29,31,32). The molecular weight excluding hydrogens is 450 g/mol. The summed E-state index contributed by atoms with van der Waals surface area (Å²) in [5.41, 5.74) is 4.77. The van der Waals surface area contributed by atoms with E-state index in [0.29, 0.717) is 11.5 Å². The van der Waals surface area contributed by atoms with Crippen LogP contribution in [0.2, 0.25) is 0 Å². The van der Waals surface area contributed by atoms with E-state index in [9.17, 15) is 26.3 Å². The van der Waals surface area contributed by atoms with E-state index in [1.54, 1.807) is 6.92 Å². The largest absolute Gasteiger partial charge is 0.416 e. The van der Waals surface area contributed by atoms with Gasteiger partial charge in [0.25, 0.3) is 0 Å². The number of imidazole rings is 1. The van der Waals surface area contributed by atoms with E-state index < -0.39 is 23.5 Å². The molecule has 4 rings (SSSR count). The van der Waals surface area contributed by atoms with Crippen molar-refractivity contribution in [3.05, 3.63) is 65.0 Å². The molecule has 0 atom stereocenters. The molecule has 2 aromatic carbocycles. The maximum absolute atomic E-state index is 13.2. The fourth-order valence-electron chi connectivity index (χ4n) is 3.37. The number of nitrogens with zero attached hydrogens (tertiary/aromatic N) is 4. The number of nitrogens with two attached hydrogens (primary N) is 1. The Bertz CT molecular complexity index is 1370. The zero-order valence-corrected chi connectivity index (χ0v) is 16.8. The Morgan fingerprint density at radius 2 is 1.48 bits per heavy atom. The molecule has 0 unspecified atom stereocenters. The second-order valence-corrected chi connectivity index (χ2v) is 7.09. The Hall–Kier alpha value is -3.96. The summed E-state index contributed by atoms with van der Waals surface area (Å²) in [4.78, 5) is 12.7. The molecule has 12 heteroatoms. The first kappa shape index (κ1) is 22.2. The molecule has 0 aliphatic rings. The summed E-state index contributed by atoms with van der Waals surface area (Å²) in [5.74, 6) is 0.0222. The fourth-order valence-corrected chi connectivity index (χ4v) is 3.37. The van der Waals surface area contributed by atoms with E-state index in [4.69, 9.17) is 11.1 Å². The van der Waals surface area contributed by atoms with Crippen molar-refractivity contribution in [3.8, 4) is 17.1 Å². The van der Waals surface area contributed by atoms with E-state index >= 15 is 0 Å². The van der Waals surface area contributed by atoms with Crippen LogP contribution in [-0.2, 0) is 12.4 Å². The number of aromatic nitrogens is 4. The highest BCUT2D eigenvalue weighted by Crippen LogP contribution is 2.35. The Morgan fingerprint density at radius 3 is 2.06 bits per heavy atom. The highest BCUT2D eigenvalue weighted by molar-refractivity contribution is 5.90. The van der Waals surface area contributed by atoms with E-state index in [1.807, 2.05) is 0 Å². The summed E-state index contributed by atoms with van der Waals surface area (Å²) in [6.45, 7) is 1.58. The van der Waals surface area contributed by atoms with E-state index in [-0.39, 0.29) is 33.9 Å². The molecule has 3 N–H and O–H groups in total. The average molecular weight is 464 g/mol. The van der Waals surface area contributed by atoms with Crippen LogP contribution < -0.4 is 5.73 Å². The summed E-state index contributed by atoms with van der Waals surface area (Å²) < 4.78 is 79.9. The van der Waals surface area contributed by atoms with Crippen molar-refractivity contribution in [1.82, 2.24) is 19.5 Å². The molecule has 6 nitrogen and oxygen atoms in total. The third-order valence-electron chi connectivity index (χ3n) is 4.93. The van der Waals surface area contributed by atoms with Crippen molar-refractivity contribution in [2.24, 2.45) is 0 Å². The Kier molecular flexibility index (Phi) is 5.10. The van der Waals surface area contributed by atoms with E-state index in [0.717, 1.165) is 36.5 Å². The van der Waals surface area contributed by atoms with Gasteiger partial charge in [0.15, 0.2) is 22.8 Å². The molecule has 2 heterocycles. The molecule has 0 saturated heterocycles. The Balaban J connectivity index is 1.94. The lowest BCUT2D eigenvalue weighted by Crippen LogP contribution is -2.08. The van der Waals surface area contributed by atoms with Crippen molar-refractivity contribution in [2.45, 2.75) is 19.3 Å². The maximum Gasteiger partial charge on any atom is 0.416 e. The van der Waals surface area contributed by atoms with Crippen molar-refractivity contribution in [3.63, 3.8) is 0 Å². The van der Waals surface area contributed by atoms with Crippen molar-refractivity contribution < 1.29 is 26.3 Å². The Labute approximate surface area is 182 Å². The number of aryl methyl sites for hydroxylation is 1. The third-order valence-corrected chi connectivity index (χ3v) is 4.93. The molecule has 4 aromatic rings. The molecule has 0 fully saturated rings. The summed E-state index contributed by atoms with van der Waals surface area (Å²) >= 11 is 0. The average Bonchev–Trinajstić information content (AvgIpc) is 3.08. The van der Waals surface area contributed by atoms with Gasteiger partial charge in [0, 0.05) is 23.0 Å². The zero-order chi connectivity index (χ0) is 24.1. The van der Waals surface area contributed by atoms with Crippen LogP contribution in [0, 0.1) is 12.3 Å².